The molecule has 0 aliphatic rings. The first-order valence-corrected chi connectivity index (χ1v) is 7.86. The lowest BCUT2D eigenvalue weighted by atomic mass is 10.1. The number of esters is 1. The Labute approximate surface area is 158 Å². The fraction of sp³-hybridized carbons (Fsp3) is 0.211. The summed E-state index contributed by atoms with van der Waals surface area (Å²) in [6, 6.07) is 10.8. The molecule has 7 heteroatoms. The van der Waals surface area contributed by atoms with Gasteiger partial charge in [-0.3, -0.25) is 9.78 Å². The van der Waals surface area contributed by atoms with Crippen molar-refractivity contribution in [3.63, 3.8) is 0 Å². The van der Waals surface area contributed by atoms with Crippen LogP contribution in [-0.2, 0) is 16.0 Å². The van der Waals surface area contributed by atoms with Crippen LogP contribution < -0.4 is 22.5 Å². The van der Waals surface area contributed by atoms with Gasteiger partial charge in [0.25, 0.3) is 5.91 Å². The number of carbonyl (C=O) groups excluding carboxylic acids is 2. The zero-order valence-corrected chi connectivity index (χ0v) is 14.9. The summed E-state index contributed by atoms with van der Waals surface area (Å²) >= 11 is 0. The summed E-state index contributed by atoms with van der Waals surface area (Å²) in [6.45, 7) is 3.79. The molecule has 1 aromatic heterocycles. The van der Waals surface area contributed by atoms with E-state index in [-0.39, 0.29) is 38.1 Å². The fourth-order valence-electron chi connectivity index (χ4n) is 2.08. The summed E-state index contributed by atoms with van der Waals surface area (Å²) in [5.41, 5.74) is 1.41. The van der Waals surface area contributed by atoms with Crippen LogP contribution >= 0.6 is 0 Å². The van der Waals surface area contributed by atoms with Gasteiger partial charge >= 0.3 is 5.97 Å². The second kappa shape index (κ2) is 11.7. The monoisotopic (exact) mass is 375 g/mol. The lowest BCUT2D eigenvalue weighted by Crippen LogP contribution is -3.00. The minimum Gasteiger partial charge on any atom is -1.00 e. The maximum absolute atomic E-state index is 11.8. The number of para-hydroxylation sites is 1. The van der Waals surface area contributed by atoms with Gasteiger partial charge in [-0.05, 0) is 30.2 Å². The third kappa shape index (κ3) is 6.94. The van der Waals surface area contributed by atoms with Crippen LogP contribution in [0.3, 0.4) is 0 Å². The number of aromatic nitrogens is 1. The van der Waals surface area contributed by atoms with Gasteiger partial charge in [-0.15, -0.1) is 6.58 Å². The maximum Gasteiger partial charge on any atom is 0.344 e. The molecule has 1 amide bonds. The van der Waals surface area contributed by atoms with E-state index in [2.05, 4.69) is 16.9 Å². The molecular formula is C19H20ClN2O4-. The van der Waals surface area contributed by atoms with Crippen molar-refractivity contribution < 1.29 is 31.5 Å². The van der Waals surface area contributed by atoms with Crippen LogP contribution in [0.1, 0.15) is 15.9 Å². The molecule has 6 nitrogen and oxygen atoms in total. The van der Waals surface area contributed by atoms with Crippen molar-refractivity contribution in [1.29, 1.82) is 0 Å². The van der Waals surface area contributed by atoms with Crippen LogP contribution in [0.5, 0.6) is 5.75 Å². The Kier molecular flexibility index (Phi) is 9.49. The molecule has 0 saturated heterocycles. The van der Waals surface area contributed by atoms with E-state index in [1.54, 1.807) is 30.5 Å². The van der Waals surface area contributed by atoms with Crippen LogP contribution in [0.4, 0.5) is 0 Å². The van der Waals surface area contributed by atoms with E-state index in [1.165, 1.54) is 6.20 Å². The first-order valence-electron chi connectivity index (χ1n) is 7.86. The Morgan fingerprint density at radius 1 is 1.19 bits per heavy atom. The molecule has 1 aromatic carbocycles. The summed E-state index contributed by atoms with van der Waals surface area (Å²) < 4.78 is 10.5. The first-order chi connectivity index (χ1) is 12.2. The van der Waals surface area contributed by atoms with E-state index in [0.29, 0.717) is 17.7 Å². The number of nitrogens with zero attached hydrogens (tertiary/aromatic N) is 1. The van der Waals surface area contributed by atoms with Gasteiger partial charge in [0.05, 0.1) is 12.1 Å². The van der Waals surface area contributed by atoms with Gasteiger partial charge in [0, 0.05) is 12.4 Å². The fourth-order valence-corrected chi connectivity index (χ4v) is 2.08. The van der Waals surface area contributed by atoms with Crippen molar-refractivity contribution in [1.82, 2.24) is 10.3 Å². The molecule has 0 bridgehead atoms. The minimum atomic E-state index is -0.496. The van der Waals surface area contributed by atoms with E-state index in [4.69, 9.17) is 9.47 Å². The van der Waals surface area contributed by atoms with Crippen molar-refractivity contribution >= 4 is 11.9 Å². The van der Waals surface area contributed by atoms with Gasteiger partial charge in [0.1, 0.15) is 12.4 Å². The highest BCUT2D eigenvalue weighted by Gasteiger charge is 2.08. The Hall–Kier alpha value is -2.86. The Balaban J connectivity index is 0.00000338. The highest BCUT2D eigenvalue weighted by molar-refractivity contribution is 5.93. The maximum atomic E-state index is 11.8. The summed E-state index contributed by atoms with van der Waals surface area (Å²) in [4.78, 5) is 27.4. The van der Waals surface area contributed by atoms with Gasteiger partial charge in [-0.1, -0.05) is 24.3 Å². The molecular weight excluding hydrogens is 356 g/mol. The van der Waals surface area contributed by atoms with Gasteiger partial charge in [-0.2, -0.15) is 0 Å². The highest BCUT2D eigenvalue weighted by atomic mass is 35.5. The molecule has 0 radical (unpaired) electrons. The molecule has 0 atom stereocenters. The van der Waals surface area contributed by atoms with Crippen molar-refractivity contribution in [2.24, 2.45) is 0 Å². The largest absolute Gasteiger partial charge is 1.00 e. The van der Waals surface area contributed by atoms with Crippen LogP contribution in [0, 0.1) is 0 Å². The molecule has 0 spiro atoms. The molecule has 138 valence electrons. The van der Waals surface area contributed by atoms with Crippen molar-refractivity contribution in [2.75, 3.05) is 19.8 Å². The number of hydrogen-bond acceptors (Lipinski definition) is 5. The summed E-state index contributed by atoms with van der Waals surface area (Å²) in [7, 11) is 0. The van der Waals surface area contributed by atoms with Crippen molar-refractivity contribution in [3.8, 4) is 5.75 Å². The number of carbonyl (C=O) groups is 2. The zero-order chi connectivity index (χ0) is 17.9. The summed E-state index contributed by atoms with van der Waals surface area (Å²) in [5, 5.41) is 2.65. The molecule has 0 saturated carbocycles. The molecule has 0 aliphatic heterocycles. The van der Waals surface area contributed by atoms with E-state index in [0.717, 1.165) is 5.56 Å². The zero-order valence-electron chi connectivity index (χ0n) is 14.2. The van der Waals surface area contributed by atoms with E-state index in [9.17, 15) is 9.59 Å². The predicted molar refractivity (Wildman–Crippen MR) is 93.4 cm³/mol. The Morgan fingerprint density at radius 2 is 2.00 bits per heavy atom. The lowest BCUT2D eigenvalue weighted by molar-refractivity contribution is -0.145. The number of rotatable bonds is 9. The van der Waals surface area contributed by atoms with Gasteiger partial charge in [0.2, 0.25) is 0 Å². The average molecular weight is 376 g/mol. The number of nitrogens with one attached hydrogen (secondary N) is 1. The average Bonchev–Trinajstić information content (AvgIpc) is 2.65. The molecule has 0 aliphatic carbocycles. The van der Waals surface area contributed by atoms with Crippen LogP contribution in [0.15, 0.2) is 61.4 Å². The molecule has 0 unspecified atom stereocenters. The van der Waals surface area contributed by atoms with E-state index >= 15 is 0 Å². The van der Waals surface area contributed by atoms with Crippen LogP contribution in [0.2, 0.25) is 0 Å². The molecule has 2 aromatic rings. The van der Waals surface area contributed by atoms with Crippen molar-refractivity contribution in [2.45, 2.75) is 6.42 Å². The third-order valence-electron chi connectivity index (χ3n) is 3.26. The standard InChI is InChI=1S/C19H20N2O4.ClH/c1-2-6-15-7-3-4-9-17(15)25-14-18(22)24-12-11-21-19(23)16-8-5-10-20-13-16;/h2-5,7-10,13H,1,6,11-12,14H2,(H,21,23);1H/p-1. The second-order valence-electron chi connectivity index (χ2n) is 5.11. The minimum absolute atomic E-state index is 0. The SMILES string of the molecule is C=CCc1ccccc1OCC(=O)OCCNC(=O)c1cccnc1.[Cl-]. The number of ether oxygens (including phenoxy) is 2. The predicted octanol–water partition coefficient (Wildman–Crippen LogP) is -0.834. The molecule has 1 N–H and O–H groups in total. The van der Waals surface area contributed by atoms with E-state index in [1.807, 2.05) is 18.2 Å². The van der Waals surface area contributed by atoms with Crippen LogP contribution in [0.25, 0.3) is 0 Å². The number of benzene rings is 1. The molecule has 26 heavy (non-hydrogen) atoms. The molecule has 1 heterocycles. The smallest absolute Gasteiger partial charge is 0.344 e. The third-order valence-corrected chi connectivity index (χ3v) is 3.26. The number of amides is 1. The Bertz CT molecular complexity index is 722. The summed E-state index contributed by atoms with van der Waals surface area (Å²) in [5.74, 6) is -0.132. The topological polar surface area (TPSA) is 77.5 Å². The normalized spacial score (nSPS) is 9.54. The number of pyridine rings is 1. The number of hydrogen-bond donors (Lipinski definition) is 1. The van der Waals surface area contributed by atoms with E-state index < -0.39 is 5.97 Å². The second-order valence-corrected chi connectivity index (χ2v) is 5.11. The summed E-state index contributed by atoms with van der Waals surface area (Å²) in [6.07, 6.45) is 5.48. The van der Waals surface area contributed by atoms with Gasteiger partial charge < -0.3 is 27.2 Å². The van der Waals surface area contributed by atoms with Gasteiger partial charge in [-0.25, -0.2) is 4.79 Å². The lowest BCUT2D eigenvalue weighted by Gasteiger charge is -2.10. The van der Waals surface area contributed by atoms with Crippen LogP contribution in [-0.4, -0.2) is 36.6 Å². The Morgan fingerprint density at radius 3 is 2.73 bits per heavy atom. The highest BCUT2D eigenvalue weighted by Crippen LogP contribution is 2.18. The number of halogens is 1. The number of allylic oxidation sites excluding steroid dienone is 1. The molecule has 2 rings (SSSR count). The quantitative estimate of drug-likeness (QED) is 0.351. The first kappa shape index (κ1) is 21.2. The van der Waals surface area contributed by atoms with Crippen molar-refractivity contribution in [3.05, 3.63) is 72.6 Å². The molecule has 0 fully saturated rings. The van der Waals surface area contributed by atoms with Gasteiger partial charge in [0.15, 0.2) is 6.61 Å².